The molecule has 0 saturated heterocycles. The molecule has 0 aliphatic rings. The van der Waals surface area contributed by atoms with Crippen molar-refractivity contribution in [2.45, 2.75) is 11.8 Å². The minimum Gasteiger partial charge on any atom is -0.490 e. The smallest absolute Gasteiger partial charge is 0.342 e. The van der Waals surface area contributed by atoms with Gasteiger partial charge in [0.1, 0.15) is 36.0 Å². The molecule has 4 rings (SSSR count). The van der Waals surface area contributed by atoms with E-state index < -0.39 is 16.0 Å². The molecule has 33 heavy (non-hydrogen) atoms. The highest BCUT2D eigenvalue weighted by molar-refractivity contribution is 7.89. The average Bonchev–Trinajstić information content (AvgIpc) is 3.43. The lowest BCUT2D eigenvalue weighted by molar-refractivity contribution is 0.0451. The van der Waals surface area contributed by atoms with Crippen molar-refractivity contribution in [2.24, 2.45) is 5.14 Å². The Labute approximate surface area is 190 Å². The third-order valence-electron chi connectivity index (χ3n) is 4.67. The Kier molecular flexibility index (Phi) is 6.29. The molecule has 2 aromatic carbocycles. The van der Waals surface area contributed by atoms with E-state index in [1.807, 2.05) is 37.3 Å². The van der Waals surface area contributed by atoms with Crippen LogP contribution in [0.5, 0.6) is 5.75 Å². The summed E-state index contributed by atoms with van der Waals surface area (Å²) in [4.78, 5) is 12.8. The number of sulfonamides is 1. The molecule has 0 fully saturated rings. The van der Waals surface area contributed by atoms with E-state index in [0.717, 1.165) is 5.69 Å². The van der Waals surface area contributed by atoms with Crippen LogP contribution >= 0.6 is 0 Å². The molecule has 0 unspecified atom stereocenters. The van der Waals surface area contributed by atoms with Gasteiger partial charge in [0, 0.05) is 6.20 Å². The Bertz CT molecular complexity index is 1360. The van der Waals surface area contributed by atoms with Gasteiger partial charge < -0.3 is 13.9 Å². The van der Waals surface area contributed by atoms with Crippen molar-refractivity contribution in [2.75, 3.05) is 13.2 Å². The molecular weight excluding hydrogens is 446 g/mol. The molecule has 0 bridgehead atoms. The predicted octanol–water partition coefficient (Wildman–Crippen LogP) is 3.32. The highest BCUT2D eigenvalue weighted by Gasteiger charge is 2.22. The number of nitrogens with zero attached hydrogens (tertiary/aromatic N) is 2. The number of esters is 1. The zero-order valence-corrected chi connectivity index (χ0v) is 18.5. The Hall–Kier alpha value is -3.89. The molecule has 2 heterocycles. The molecule has 0 atom stereocenters. The summed E-state index contributed by atoms with van der Waals surface area (Å²) in [7, 11) is -3.77. The molecule has 0 aliphatic heterocycles. The van der Waals surface area contributed by atoms with Gasteiger partial charge in [-0.05, 0) is 55.5 Å². The van der Waals surface area contributed by atoms with E-state index in [1.54, 1.807) is 23.0 Å². The molecule has 0 aliphatic carbocycles. The van der Waals surface area contributed by atoms with E-state index >= 15 is 0 Å². The maximum Gasteiger partial charge on any atom is 0.342 e. The average molecular weight is 468 g/mol. The molecule has 2 aromatic heterocycles. The molecule has 10 heteroatoms. The fourth-order valence-electron chi connectivity index (χ4n) is 3.08. The summed E-state index contributed by atoms with van der Waals surface area (Å²) >= 11 is 0. The van der Waals surface area contributed by atoms with E-state index in [-0.39, 0.29) is 23.7 Å². The topological polar surface area (TPSA) is 127 Å². The molecule has 0 saturated carbocycles. The highest BCUT2D eigenvalue weighted by atomic mass is 32.2. The number of carbonyl (C=O) groups is 1. The maximum absolute atomic E-state index is 12.8. The number of ether oxygens (including phenoxy) is 2. The molecule has 0 spiro atoms. The number of para-hydroxylation sites is 1. The minimum atomic E-state index is -3.77. The largest absolute Gasteiger partial charge is 0.490 e. The van der Waals surface area contributed by atoms with Crippen LogP contribution in [0.25, 0.3) is 17.1 Å². The number of nitrogens with two attached hydrogens (primary N) is 1. The van der Waals surface area contributed by atoms with E-state index in [0.29, 0.717) is 23.0 Å². The van der Waals surface area contributed by atoms with Crippen molar-refractivity contribution in [3.8, 4) is 22.9 Å². The summed E-state index contributed by atoms with van der Waals surface area (Å²) in [6.07, 6.45) is 1.59. The summed E-state index contributed by atoms with van der Waals surface area (Å²) in [5, 5.41) is 9.59. The first-order valence-corrected chi connectivity index (χ1v) is 11.5. The predicted molar refractivity (Wildman–Crippen MR) is 120 cm³/mol. The summed E-state index contributed by atoms with van der Waals surface area (Å²) in [5.41, 5.74) is 1.41. The van der Waals surface area contributed by atoms with Crippen LogP contribution in [-0.4, -0.2) is 37.4 Å². The van der Waals surface area contributed by atoms with E-state index in [1.165, 1.54) is 24.3 Å². The normalized spacial score (nSPS) is 11.3. The first kappa shape index (κ1) is 22.3. The van der Waals surface area contributed by atoms with Crippen LogP contribution in [0.15, 0.2) is 82.2 Å². The Morgan fingerprint density at radius 1 is 1.03 bits per heavy atom. The van der Waals surface area contributed by atoms with Gasteiger partial charge in [-0.25, -0.2) is 23.0 Å². The first-order valence-electron chi connectivity index (χ1n) is 9.96. The van der Waals surface area contributed by atoms with Crippen LogP contribution in [0.1, 0.15) is 16.1 Å². The zero-order chi connectivity index (χ0) is 23.4. The monoisotopic (exact) mass is 467 g/mol. The third-order valence-corrected chi connectivity index (χ3v) is 5.60. The fourth-order valence-corrected chi connectivity index (χ4v) is 3.59. The van der Waals surface area contributed by atoms with Crippen molar-refractivity contribution in [1.82, 2.24) is 9.78 Å². The number of furan rings is 1. The fraction of sp³-hybridized carbons (Fsp3) is 0.130. The van der Waals surface area contributed by atoms with E-state index in [2.05, 4.69) is 5.10 Å². The number of rotatable bonds is 8. The molecule has 9 nitrogen and oxygen atoms in total. The Morgan fingerprint density at radius 3 is 2.39 bits per heavy atom. The molecular formula is C23H21N3O6S. The van der Waals surface area contributed by atoms with Gasteiger partial charge in [-0.2, -0.15) is 5.10 Å². The molecule has 4 aromatic rings. The lowest BCUT2D eigenvalue weighted by atomic mass is 10.2. The van der Waals surface area contributed by atoms with Gasteiger partial charge in [0.25, 0.3) is 0 Å². The van der Waals surface area contributed by atoms with Crippen molar-refractivity contribution >= 4 is 16.0 Å². The second kappa shape index (κ2) is 9.31. The van der Waals surface area contributed by atoms with Crippen LogP contribution in [0.3, 0.4) is 0 Å². The first-order chi connectivity index (χ1) is 15.8. The Balaban J connectivity index is 1.44. The molecule has 170 valence electrons. The summed E-state index contributed by atoms with van der Waals surface area (Å²) < 4.78 is 40.7. The number of aryl methyl sites for hydroxylation is 1. The number of benzene rings is 2. The minimum absolute atomic E-state index is 0.0163. The quantitative estimate of drug-likeness (QED) is 0.311. The zero-order valence-electron chi connectivity index (χ0n) is 17.7. The van der Waals surface area contributed by atoms with Gasteiger partial charge >= 0.3 is 5.97 Å². The third kappa shape index (κ3) is 5.30. The van der Waals surface area contributed by atoms with Gasteiger partial charge in [0.15, 0.2) is 5.76 Å². The summed E-state index contributed by atoms with van der Waals surface area (Å²) in [5.74, 6) is 0.997. The van der Waals surface area contributed by atoms with Gasteiger partial charge in [0.2, 0.25) is 10.0 Å². The van der Waals surface area contributed by atoms with E-state index in [4.69, 9.17) is 19.0 Å². The SMILES string of the molecule is Cc1ccc(-c2nn(-c3ccccc3)cc2C(=O)OCCOc2ccc(S(N)(=O)=O)cc2)o1. The highest BCUT2D eigenvalue weighted by Crippen LogP contribution is 2.26. The standard InChI is InChI=1S/C23H21N3O6S/c1-16-7-12-21(32-16)22-20(15-26(25-22)17-5-3-2-4-6-17)23(27)31-14-13-30-18-8-10-19(11-9-18)33(24,28)29/h2-12,15H,13-14H2,1H3,(H2,24,28,29). The second-order valence-electron chi connectivity index (χ2n) is 7.08. The van der Waals surface area contributed by atoms with E-state index in [9.17, 15) is 13.2 Å². The van der Waals surface area contributed by atoms with Gasteiger partial charge in [0.05, 0.1) is 10.6 Å². The van der Waals surface area contributed by atoms with Crippen LogP contribution < -0.4 is 9.88 Å². The van der Waals surface area contributed by atoms with Crippen molar-refractivity contribution < 1.29 is 27.1 Å². The summed E-state index contributed by atoms with van der Waals surface area (Å²) in [6.45, 7) is 1.86. The van der Waals surface area contributed by atoms with Crippen LogP contribution in [0.4, 0.5) is 0 Å². The van der Waals surface area contributed by atoms with Crippen LogP contribution in [-0.2, 0) is 14.8 Å². The maximum atomic E-state index is 12.8. The van der Waals surface area contributed by atoms with Crippen LogP contribution in [0.2, 0.25) is 0 Å². The van der Waals surface area contributed by atoms with Gasteiger partial charge in [-0.1, -0.05) is 18.2 Å². The van der Waals surface area contributed by atoms with Crippen molar-refractivity contribution in [1.29, 1.82) is 0 Å². The summed E-state index contributed by atoms with van der Waals surface area (Å²) in [6, 6.07) is 18.5. The second-order valence-corrected chi connectivity index (χ2v) is 8.64. The lowest BCUT2D eigenvalue weighted by Gasteiger charge is -2.08. The Morgan fingerprint density at radius 2 is 1.76 bits per heavy atom. The number of hydrogen-bond acceptors (Lipinski definition) is 7. The van der Waals surface area contributed by atoms with Gasteiger partial charge in [-0.3, -0.25) is 0 Å². The number of carbonyl (C=O) groups excluding carboxylic acids is 1. The molecule has 0 amide bonds. The van der Waals surface area contributed by atoms with Crippen molar-refractivity contribution in [3.63, 3.8) is 0 Å². The van der Waals surface area contributed by atoms with Crippen molar-refractivity contribution in [3.05, 3.63) is 84.3 Å². The number of primary sulfonamides is 1. The molecule has 2 N–H and O–H groups in total. The lowest BCUT2D eigenvalue weighted by Crippen LogP contribution is -2.13. The molecule has 0 radical (unpaired) electrons. The number of hydrogen-bond donors (Lipinski definition) is 1. The number of aromatic nitrogens is 2. The van der Waals surface area contributed by atoms with Gasteiger partial charge in [-0.15, -0.1) is 0 Å². The van der Waals surface area contributed by atoms with Crippen LogP contribution in [0, 0.1) is 6.92 Å².